The zero-order chi connectivity index (χ0) is 18.1. The van der Waals surface area contributed by atoms with Crippen molar-refractivity contribution in [3.8, 4) is 11.5 Å². The maximum atomic E-state index is 13.2. The van der Waals surface area contributed by atoms with Gasteiger partial charge in [0.1, 0.15) is 0 Å². The van der Waals surface area contributed by atoms with Crippen LogP contribution in [-0.2, 0) is 4.79 Å². The van der Waals surface area contributed by atoms with E-state index in [1.807, 2.05) is 0 Å². The molecule has 24 heavy (non-hydrogen) atoms. The number of amides is 1. The van der Waals surface area contributed by atoms with Crippen LogP contribution in [0.15, 0.2) is 18.2 Å². The van der Waals surface area contributed by atoms with E-state index in [0.717, 1.165) is 4.90 Å². The second-order valence-corrected chi connectivity index (χ2v) is 5.43. The molecule has 0 aromatic heterocycles. The van der Waals surface area contributed by atoms with Crippen LogP contribution in [0.3, 0.4) is 0 Å². The van der Waals surface area contributed by atoms with Crippen molar-refractivity contribution in [2.45, 2.75) is 12.6 Å². The Bertz CT molecular complexity index is 661. The van der Waals surface area contributed by atoms with Crippen molar-refractivity contribution in [2.24, 2.45) is 5.41 Å². The van der Waals surface area contributed by atoms with E-state index in [-0.39, 0.29) is 17.9 Å². The number of likely N-dealkylation sites (tertiary alicyclic amines) is 1. The molecule has 132 valence electrons. The maximum Gasteiger partial charge on any atom is 0.406 e. The van der Waals surface area contributed by atoms with Gasteiger partial charge in [-0.15, -0.1) is 0 Å². The summed E-state index contributed by atoms with van der Waals surface area (Å²) in [4.78, 5) is 24.5. The molecule has 1 aliphatic rings. The van der Waals surface area contributed by atoms with E-state index in [2.05, 4.69) is 0 Å². The van der Waals surface area contributed by atoms with E-state index in [1.165, 1.54) is 32.4 Å². The number of hydrogen-bond acceptors (Lipinski definition) is 4. The van der Waals surface area contributed by atoms with Crippen molar-refractivity contribution in [3.05, 3.63) is 23.8 Å². The molecule has 1 N–H and O–H groups in total. The Morgan fingerprint density at radius 2 is 1.83 bits per heavy atom. The average molecular weight is 347 g/mol. The number of benzene rings is 1. The summed E-state index contributed by atoms with van der Waals surface area (Å²) in [6.45, 7) is -1.21. The zero-order valence-electron chi connectivity index (χ0n) is 13.0. The molecule has 1 fully saturated rings. The third kappa shape index (κ3) is 2.85. The number of halogens is 3. The molecule has 1 aromatic rings. The summed E-state index contributed by atoms with van der Waals surface area (Å²) in [6.07, 6.45) is -5.61. The highest BCUT2D eigenvalue weighted by Crippen LogP contribution is 2.46. The topological polar surface area (TPSA) is 76.1 Å². The highest BCUT2D eigenvalue weighted by molar-refractivity contribution is 5.95. The van der Waals surface area contributed by atoms with Crippen molar-refractivity contribution in [2.75, 3.05) is 27.3 Å². The summed E-state index contributed by atoms with van der Waals surface area (Å²) in [7, 11) is 2.77. The first-order chi connectivity index (χ1) is 11.2. The number of carboxylic acids is 1. The number of aliphatic carboxylic acids is 1. The van der Waals surface area contributed by atoms with Crippen LogP contribution >= 0.6 is 0 Å². The molecular weight excluding hydrogens is 331 g/mol. The van der Waals surface area contributed by atoms with E-state index in [9.17, 15) is 22.8 Å². The van der Waals surface area contributed by atoms with Crippen molar-refractivity contribution in [1.82, 2.24) is 4.90 Å². The number of alkyl halides is 3. The molecule has 6 nitrogen and oxygen atoms in total. The van der Waals surface area contributed by atoms with E-state index in [4.69, 9.17) is 14.6 Å². The summed E-state index contributed by atoms with van der Waals surface area (Å²) in [6, 6.07) is 4.18. The molecule has 1 heterocycles. The van der Waals surface area contributed by atoms with Gasteiger partial charge in [0.2, 0.25) is 0 Å². The number of hydrogen-bond donors (Lipinski definition) is 1. The fourth-order valence-electron chi connectivity index (χ4n) is 2.66. The third-order valence-electron chi connectivity index (χ3n) is 4.14. The predicted octanol–water partition coefficient (Wildman–Crippen LogP) is 2.18. The summed E-state index contributed by atoms with van der Waals surface area (Å²) in [5, 5.41) is 9.03. The number of carboxylic acid groups (broad SMARTS) is 1. The molecular formula is C15H16F3NO5. The predicted molar refractivity (Wildman–Crippen MR) is 76.2 cm³/mol. The molecule has 2 rings (SSSR count). The van der Waals surface area contributed by atoms with Crippen molar-refractivity contribution >= 4 is 11.9 Å². The van der Waals surface area contributed by atoms with Gasteiger partial charge in [0.05, 0.1) is 14.2 Å². The smallest absolute Gasteiger partial charge is 0.406 e. The molecule has 1 unspecified atom stereocenters. The van der Waals surface area contributed by atoms with Crippen LogP contribution in [0.2, 0.25) is 0 Å². The van der Waals surface area contributed by atoms with Gasteiger partial charge >= 0.3 is 12.1 Å². The van der Waals surface area contributed by atoms with Gasteiger partial charge in [0.15, 0.2) is 16.9 Å². The second kappa shape index (κ2) is 6.21. The fraction of sp³-hybridized carbons (Fsp3) is 0.467. The minimum Gasteiger partial charge on any atom is -0.493 e. The average Bonchev–Trinajstić information content (AvgIpc) is 3.00. The maximum absolute atomic E-state index is 13.2. The molecule has 0 bridgehead atoms. The first kappa shape index (κ1) is 17.9. The van der Waals surface area contributed by atoms with Gasteiger partial charge in [-0.1, -0.05) is 0 Å². The Kier molecular flexibility index (Phi) is 4.63. The molecule has 1 aromatic carbocycles. The normalized spacial score (nSPS) is 20.8. The van der Waals surface area contributed by atoms with Gasteiger partial charge in [0.25, 0.3) is 5.91 Å². The number of carbonyl (C=O) groups excluding carboxylic acids is 1. The number of nitrogens with zero attached hydrogens (tertiary/aromatic N) is 1. The van der Waals surface area contributed by atoms with Gasteiger partial charge < -0.3 is 19.5 Å². The SMILES string of the molecule is COc1ccc(C(=O)N2CCC(C(=O)O)(C(F)(F)F)C2)cc1OC. The Morgan fingerprint density at radius 1 is 1.21 bits per heavy atom. The van der Waals surface area contributed by atoms with Gasteiger partial charge in [-0.3, -0.25) is 9.59 Å². The molecule has 9 heteroatoms. The van der Waals surface area contributed by atoms with Crippen LogP contribution < -0.4 is 9.47 Å². The summed E-state index contributed by atoms with van der Waals surface area (Å²) in [5.41, 5.74) is -2.84. The summed E-state index contributed by atoms with van der Waals surface area (Å²) in [5.74, 6) is -2.05. The van der Waals surface area contributed by atoms with Crippen LogP contribution in [0.25, 0.3) is 0 Å². The van der Waals surface area contributed by atoms with Gasteiger partial charge in [0, 0.05) is 18.7 Å². The van der Waals surface area contributed by atoms with Crippen molar-refractivity contribution in [1.29, 1.82) is 0 Å². The fourth-order valence-corrected chi connectivity index (χ4v) is 2.66. The number of rotatable bonds is 4. The van der Waals surface area contributed by atoms with Crippen molar-refractivity contribution in [3.63, 3.8) is 0 Å². The Labute approximate surface area is 135 Å². The monoisotopic (exact) mass is 347 g/mol. The molecule has 0 saturated carbocycles. The van der Waals surface area contributed by atoms with Gasteiger partial charge in [-0.05, 0) is 24.6 Å². The highest BCUT2D eigenvalue weighted by atomic mass is 19.4. The second-order valence-electron chi connectivity index (χ2n) is 5.43. The zero-order valence-corrected chi connectivity index (χ0v) is 13.0. The standard InChI is InChI=1S/C15H16F3NO5/c1-23-10-4-3-9(7-11(10)24-2)12(20)19-6-5-14(8-19,13(21)22)15(16,17)18/h3-4,7H,5-6,8H2,1-2H3,(H,21,22). The lowest BCUT2D eigenvalue weighted by Gasteiger charge is -2.27. The van der Waals surface area contributed by atoms with Crippen LogP contribution in [0.1, 0.15) is 16.8 Å². The number of carbonyl (C=O) groups is 2. The molecule has 1 amide bonds. The van der Waals surface area contributed by atoms with Crippen LogP contribution in [0, 0.1) is 5.41 Å². The lowest BCUT2D eigenvalue weighted by molar-refractivity contribution is -0.227. The number of ether oxygens (including phenoxy) is 2. The minimum absolute atomic E-state index is 0.0935. The third-order valence-corrected chi connectivity index (χ3v) is 4.14. The molecule has 0 radical (unpaired) electrons. The molecule has 0 aliphatic carbocycles. The van der Waals surface area contributed by atoms with Crippen LogP contribution in [0.4, 0.5) is 13.2 Å². The highest BCUT2D eigenvalue weighted by Gasteiger charge is 2.64. The van der Waals surface area contributed by atoms with E-state index in [0.29, 0.717) is 5.75 Å². The first-order valence-corrected chi connectivity index (χ1v) is 6.97. The summed E-state index contributed by atoms with van der Waals surface area (Å²) < 4.78 is 49.6. The summed E-state index contributed by atoms with van der Waals surface area (Å²) >= 11 is 0. The van der Waals surface area contributed by atoms with E-state index < -0.39 is 36.4 Å². The lowest BCUT2D eigenvalue weighted by atomic mass is 9.86. The first-order valence-electron chi connectivity index (χ1n) is 6.97. The molecule has 1 aliphatic heterocycles. The van der Waals surface area contributed by atoms with E-state index in [1.54, 1.807) is 0 Å². The van der Waals surface area contributed by atoms with Crippen LogP contribution in [-0.4, -0.2) is 55.4 Å². The van der Waals surface area contributed by atoms with Crippen LogP contribution in [0.5, 0.6) is 11.5 Å². The van der Waals surface area contributed by atoms with E-state index >= 15 is 0 Å². The van der Waals surface area contributed by atoms with Gasteiger partial charge in [-0.2, -0.15) is 13.2 Å². The largest absolute Gasteiger partial charge is 0.493 e. The molecule has 0 spiro atoms. The number of methoxy groups -OCH3 is 2. The quantitative estimate of drug-likeness (QED) is 0.904. The van der Waals surface area contributed by atoms with Crippen molar-refractivity contribution < 1.29 is 37.3 Å². The molecule has 1 saturated heterocycles. The molecule has 1 atom stereocenters. The lowest BCUT2D eigenvalue weighted by Crippen LogP contribution is -2.47. The Hall–Kier alpha value is -2.45. The Balaban J connectivity index is 2.28. The van der Waals surface area contributed by atoms with Gasteiger partial charge in [-0.25, -0.2) is 0 Å². The minimum atomic E-state index is -4.94. The Morgan fingerprint density at radius 3 is 2.29 bits per heavy atom.